The Hall–Kier alpha value is -2.94. The lowest BCUT2D eigenvalue weighted by molar-refractivity contribution is -0.113. The summed E-state index contributed by atoms with van der Waals surface area (Å²) in [6.45, 7) is 0.135. The van der Waals surface area contributed by atoms with E-state index < -0.39 is 33.3 Å². The minimum absolute atomic E-state index is 0.135. The number of ether oxygens (including phenoxy) is 2. The van der Waals surface area contributed by atoms with Gasteiger partial charge in [-0.3, -0.25) is 4.79 Å². The van der Waals surface area contributed by atoms with Gasteiger partial charge >= 0.3 is 5.97 Å². The van der Waals surface area contributed by atoms with Gasteiger partial charge in [0.1, 0.15) is 17.3 Å². The van der Waals surface area contributed by atoms with Gasteiger partial charge < -0.3 is 14.8 Å². The number of esters is 1. The van der Waals surface area contributed by atoms with Gasteiger partial charge in [-0.1, -0.05) is 0 Å². The number of rotatable bonds is 9. The molecular formula is C19H20FNO6S. The fourth-order valence-corrected chi connectivity index (χ4v) is 3.45. The summed E-state index contributed by atoms with van der Waals surface area (Å²) >= 11 is 0. The van der Waals surface area contributed by atoms with Crippen LogP contribution in [0.1, 0.15) is 16.8 Å². The number of amides is 1. The van der Waals surface area contributed by atoms with Gasteiger partial charge in [-0.05, 0) is 55.0 Å². The minimum Gasteiger partial charge on any atom is -0.494 e. The van der Waals surface area contributed by atoms with Gasteiger partial charge in [-0.25, -0.2) is 17.6 Å². The predicted molar refractivity (Wildman–Crippen MR) is 102 cm³/mol. The maximum Gasteiger partial charge on any atom is 0.337 e. The number of carbonyl (C=O) groups excluding carboxylic acids is 2. The second-order valence-corrected chi connectivity index (χ2v) is 8.05. The van der Waals surface area contributed by atoms with Crippen molar-refractivity contribution in [2.24, 2.45) is 0 Å². The normalized spacial score (nSPS) is 10.9. The fourth-order valence-electron chi connectivity index (χ4n) is 2.28. The van der Waals surface area contributed by atoms with E-state index in [0.717, 1.165) is 0 Å². The molecule has 7 nitrogen and oxygen atoms in total. The summed E-state index contributed by atoms with van der Waals surface area (Å²) in [6.07, 6.45) is 0.199. The van der Waals surface area contributed by atoms with Crippen molar-refractivity contribution in [2.75, 3.05) is 30.5 Å². The summed E-state index contributed by atoms with van der Waals surface area (Å²) in [7, 11) is -2.33. The number of carbonyl (C=O) groups is 2. The number of methoxy groups -OCH3 is 1. The number of halogens is 1. The SMILES string of the molecule is COC(=O)c1ccc(OCCCS(=O)(=O)CC(=O)Nc2ccc(F)cc2)cc1. The van der Waals surface area contributed by atoms with E-state index in [1.54, 1.807) is 12.1 Å². The van der Waals surface area contributed by atoms with E-state index in [-0.39, 0.29) is 18.8 Å². The van der Waals surface area contributed by atoms with Crippen molar-refractivity contribution in [1.82, 2.24) is 0 Å². The van der Waals surface area contributed by atoms with Crippen LogP contribution in [0.15, 0.2) is 48.5 Å². The highest BCUT2D eigenvalue weighted by molar-refractivity contribution is 7.92. The highest BCUT2D eigenvalue weighted by Crippen LogP contribution is 2.13. The van der Waals surface area contributed by atoms with Gasteiger partial charge in [0.2, 0.25) is 5.91 Å². The Balaban J connectivity index is 1.74. The number of nitrogens with one attached hydrogen (secondary N) is 1. The molecule has 0 fully saturated rings. The molecule has 2 aromatic rings. The molecule has 28 heavy (non-hydrogen) atoms. The van der Waals surface area contributed by atoms with Crippen molar-refractivity contribution in [3.8, 4) is 5.75 Å². The van der Waals surface area contributed by atoms with Gasteiger partial charge in [-0.2, -0.15) is 0 Å². The number of hydrogen-bond acceptors (Lipinski definition) is 6. The molecule has 0 unspecified atom stereocenters. The van der Waals surface area contributed by atoms with Gasteiger partial charge in [0, 0.05) is 5.69 Å². The third-order valence-corrected chi connectivity index (χ3v) is 5.24. The second-order valence-electron chi connectivity index (χ2n) is 5.87. The van der Waals surface area contributed by atoms with Crippen molar-refractivity contribution in [1.29, 1.82) is 0 Å². The number of benzene rings is 2. The minimum atomic E-state index is -3.61. The van der Waals surface area contributed by atoms with E-state index in [2.05, 4.69) is 10.1 Å². The first kappa shape index (κ1) is 21.4. The molecule has 0 bridgehead atoms. The maximum atomic E-state index is 12.8. The lowest BCUT2D eigenvalue weighted by Crippen LogP contribution is -2.25. The van der Waals surface area contributed by atoms with Crippen molar-refractivity contribution in [3.05, 3.63) is 59.9 Å². The third-order valence-electron chi connectivity index (χ3n) is 3.62. The van der Waals surface area contributed by atoms with Crippen LogP contribution in [-0.4, -0.2) is 45.5 Å². The van der Waals surface area contributed by atoms with E-state index in [1.807, 2.05) is 0 Å². The first-order valence-electron chi connectivity index (χ1n) is 8.36. The molecule has 0 saturated heterocycles. The van der Waals surface area contributed by atoms with Gasteiger partial charge in [0.15, 0.2) is 9.84 Å². The molecule has 0 atom stereocenters. The topological polar surface area (TPSA) is 98.8 Å². The molecule has 150 valence electrons. The second kappa shape index (κ2) is 9.84. The number of hydrogen-bond donors (Lipinski definition) is 1. The third kappa shape index (κ3) is 6.99. The van der Waals surface area contributed by atoms with E-state index in [4.69, 9.17) is 4.74 Å². The number of sulfone groups is 1. The van der Waals surface area contributed by atoms with E-state index >= 15 is 0 Å². The molecule has 0 aromatic heterocycles. The van der Waals surface area contributed by atoms with Crippen LogP contribution in [0.5, 0.6) is 5.75 Å². The van der Waals surface area contributed by atoms with E-state index in [9.17, 15) is 22.4 Å². The Morgan fingerprint density at radius 3 is 2.29 bits per heavy atom. The lowest BCUT2D eigenvalue weighted by atomic mass is 10.2. The Bertz CT molecular complexity index is 910. The Morgan fingerprint density at radius 2 is 1.68 bits per heavy atom. The monoisotopic (exact) mass is 409 g/mol. The van der Waals surface area contributed by atoms with Crippen LogP contribution >= 0.6 is 0 Å². The highest BCUT2D eigenvalue weighted by Gasteiger charge is 2.17. The van der Waals surface area contributed by atoms with Crippen LogP contribution in [0, 0.1) is 5.82 Å². The molecular weight excluding hydrogens is 389 g/mol. The number of anilines is 1. The van der Waals surface area contributed by atoms with Crippen molar-refractivity contribution >= 4 is 27.4 Å². The molecule has 0 aliphatic heterocycles. The standard InChI is InChI=1S/C19H20FNO6S/c1-26-19(23)14-3-9-17(10-4-14)27-11-2-12-28(24,25)13-18(22)21-16-7-5-15(20)6-8-16/h3-10H,2,11-13H2,1H3,(H,21,22). The van der Waals surface area contributed by atoms with Crippen LogP contribution in [0.2, 0.25) is 0 Å². The van der Waals surface area contributed by atoms with Crippen LogP contribution in [0.3, 0.4) is 0 Å². The first-order valence-corrected chi connectivity index (χ1v) is 10.2. The lowest BCUT2D eigenvalue weighted by Gasteiger charge is -2.08. The Labute approximate surface area is 162 Å². The molecule has 0 spiro atoms. The molecule has 9 heteroatoms. The quantitative estimate of drug-likeness (QED) is 0.505. The van der Waals surface area contributed by atoms with E-state index in [0.29, 0.717) is 17.0 Å². The summed E-state index contributed by atoms with van der Waals surface area (Å²) in [4.78, 5) is 23.2. The smallest absolute Gasteiger partial charge is 0.337 e. The zero-order valence-corrected chi connectivity index (χ0v) is 16.0. The van der Waals surface area contributed by atoms with Crippen LogP contribution in [-0.2, 0) is 19.4 Å². The molecule has 0 aliphatic rings. The van der Waals surface area contributed by atoms with Crippen LogP contribution < -0.4 is 10.1 Å². The molecule has 1 N–H and O–H groups in total. The Kier molecular flexibility index (Phi) is 7.51. The van der Waals surface area contributed by atoms with Gasteiger partial charge in [0.25, 0.3) is 0 Å². The van der Waals surface area contributed by atoms with Gasteiger partial charge in [0.05, 0.1) is 25.0 Å². The van der Waals surface area contributed by atoms with Crippen molar-refractivity contribution < 1.29 is 31.9 Å². The largest absolute Gasteiger partial charge is 0.494 e. The zero-order chi connectivity index (χ0) is 20.6. The summed E-state index contributed by atoms with van der Waals surface area (Å²) in [5, 5.41) is 2.41. The van der Waals surface area contributed by atoms with E-state index in [1.165, 1.54) is 43.5 Å². The first-order chi connectivity index (χ1) is 13.3. The zero-order valence-electron chi connectivity index (χ0n) is 15.2. The molecule has 2 aromatic carbocycles. The van der Waals surface area contributed by atoms with Crippen LogP contribution in [0.25, 0.3) is 0 Å². The summed E-state index contributed by atoms with van der Waals surface area (Å²) in [6, 6.07) is 11.3. The fraction of sp³-hybridized carbons (Fsp3) is 0.263. The predicted octanol–water partition coefficient (Wildman–Crippen LogP) is 2.43. The van der Waals surface area contributed by atoms with Crippen molar-refractivity contribution in [2.45, 2.75) is 6.42 Å². The molecule has 0 aliphatic carbocycles. The highest BCUT2D eigenvalue weighted by atomic mass is 32.2. The molecule has 1 amide bonds. The average molecular weight is 409 g/mol. The molecule has 0 radical (unpaired) electrons. The summed E-state index contributed by atoms with van der Waals surface area (Å²) < 4.78 is 46.9. The average Bonchev–Trinajstić information content (AvgIpc) is 2.66. The molecule has 2 rings (SSSR count). The van der Waals surface area contributed by atoms with Crippen LogP contribution in [0.4, 0.5) is 10.1 Å². The molecule has 0 heterocycles. The maximum absolute atomic E-state index is 12.8. The summed E-state index contributed by atoms with van der Waals surface area (Å²) in [5.41, 5.74) is 0.699. The molecule has 0 saturated carbocycles. The van der Waals surface area contributed by atoms with Crippen molar-refractivity contribution in [3.63, 3.8) is 0 Å². The Morgan fingerprint density at radius 1 is 1.04 bits per heavy atom. The summed E-state index contributed by atoms with van der Waals surface area (Å²) in [5.74, 6) is -2.01. The van der Waals surface area contributed by atoms with Gasteiger partial charge in [-0.15, -0.1) is 0 Å².